The number of carbonyl (C=O) groups excluding carboxylic acids is 4. The van der Waals surface area contributed by atoms with Crippen molar-refractivity contribution in [2.45, 2.75) is 386 Å². The third-order valence-corrected chi connectivity index (χ3v) is 18.3. The number of carbonyl (C=O) groups is 4. The van der Waals surface area contributed by atoms with Crippen molar-refractivity contribution in [3.8, 4) is 0 Å². The molecular formula is C70H136O17P2. The van der Waals surface area contributed by atoms with E-state index < -0.39 is 97.5 Å². The number of aliphatic hydroxyl groups excluding tert-OH is 1. The topological polar surface area (TPSA) is 237 Å². The van der Waals surface area contributed by atoms with Gasteiger partial charge in [-0.2, -0.15) is 0 Å². The highest BCUT2D eigenvalue weighted by molar-refractivity contribution is 7.47. The zero-order chi connectivity index (χ0) is 65.4. The number of aliphatic hydroxyl groups is 1. The monoisotopic (exact) mass is 1310 g/mol. The Bertz CT molecular complexity index is 1710. The van der Waals surface area contributed by atoms with Gasteiger partial charge in [-0.25, -0.2) is 9.13 Å². The van der Waals surface area contributed by atoms with Crippen LogP contribution < -0.4 is 0 Å². The van der Waals surface area contributed by atoms with E-state index in [4.69, 9.17) is 37.0 Å². The second kappa shape index (κ2) is 64.8. The summed E-state index contributed by atoms with van der Waals surface area (Å²) < 4.78 is 67.9. The molecule has 0 radical (unpaired) electrons. The summed E-state index contributed by atoms with van der Waals surface area (Å²) in [6.45, 7) is 4.82. The Hall–Kier alpha value is -1.94. The van der Waals surface area contributed by atoms with E-state index in [9.17, 15) is 43.2 Å². The van der Waals surface area contributed by atoms with Crippen LogP contribution in [0.2, 0.25) is 0 Å². The van der Waals surface area contributed by atoms with E-state index in [0.717, 1.165) is 103 Å². The molecule has 0 amide bonds. The highest BCUT2D eigenvalue weighted by atomic mass is 31.2. The van der Waals surface area contributed by atoms with Crippen molar-refractivity contribution in [2.75, 3.05) is 39.6 Å². The van der Waals surface area contributed by atoms with Crippen LogP contribution >= 0.6 is 15.6 Å². The quantitative estimate of drug-likeness (QED) is 0.0222. The summed E-state index contributed by atoms with van der Waals surface area (Å²) in [5, 5.41) is 10.5. The molecule has 0 rings (SSSR count). The van der Waals surface area contributed by atoms with Crippen LogP contribution in [0.3, 0.4) is 0 Å². The Kier molecular flexibility index (Phi) is 63.3. The molecule has 2 unspecified atom stereocenters. The van der Waals surface area contributed by atoms with E-state index in [2.05, 4.69) is 27.7 Å². The Morgan fingerprint density at radius 2 is 0.449 bits per heavy atom. The third-order valence-electron chi connectivity index (χ3n) is 16.4. The Morgan fingerprint density at radius 1 is 0.270 bits per heavy atom. The first-order valence-electron chi connectivity index (χ1n) is 36.8. The van der Waals surface area contributed by atoms with Crippen molar-refractivity contribution in [3.05, 3.63) is 0 Å². The van der Waals surface area contributed by atoms with Gasteiger partial charge in [0.15, 0.2) is 12.2 Å². The summed E-state index contributed by atoms with van der Waals surface area (Å²) in [5.41, 5.74) is 0. The van der Waals surface area contributed by atoms with Crippen LogP contribution in [0, 0.1) is 0 Å². The largest absolute Gasteiger partial charge is 0.472 e. The first-order valence-corrected chi connectivity index (χ1v) is 39.8. The molecule has 0 bridgehead atoms. The van der Waals surface area contributed by atoms with Gasteiger partial charge in [0.05, 0.1) is 26.4 Å². The number of ether oxygens (including phenoxy) is 4. The minimum Gasteiger partial charge on any atom is -0.462 e. The zero-order valence-corrected chi connectivity index (χ0v) is 59.2. The summed E-state index contributed by atoms with van der Waals surface area (Å²) >= 11 is 0. The molecule has 0 heterocycles. The summed E-state index contributed by atoms with van der Waals surface area (Å²) in [7, 11) is -9.88. The number of hydrogen-bond donors (Lipinski definition) is 3. The summed E-state index contributed by atoms with van der Waals surface area (Å²) in [6.07, 6.45) is 53.4. The number of hydrogen-bond acceptors (Lipinski definition) is 15. The van der Waals surface area contributed by atoms with Crippen molar-refractivity contribution < 1.29 is 80.2 Å². The van der Waals surface area contributed by atoms with Crippen molar-refractivity contribution in [3.63, 3.8) is 0 Å². The Labute approximate surface area is 543 Å². The molecule has 0 saturated heterocycles. The lowest BCUT2D eigenvalue weighted by molar-refractivity contribution is -0.161. The number of phosphoric acid groups is 2. The average Bonchev–Trinajstić information content (AvgIpc) is 3.61. The third kappa shape index (κ3) is 64.6. The molecule has 0 aliphatic carbocycles. The summed E-state index contributed by atoms with van der Waals surface area (Å²) in [5.74, 6) is -2.14. The predicted molar refractivity (Wildman–Crippen MR) is 359 cm³/mol. The number of rotatable bonds is 71. The smallest absolute Gasteiger partial charge is 0.462 e. The van der Waals surface area contributed by atoms with Gasteiger partial charge < -0.3 is 33.8 Å². The molecule has 3 N–H and O–H groups in total. The van der Waals surface area contributed by atoms with Gasteiger partial charge in [-0.1, -0.05) is 317 Å². The lowest BCUT2D eigenvalue weighted by Crippen LogP contribution is -2.30. The van der Waals surface area contributed by atoms with Gasteiger partial charge in [0.1, 0.15) is 19.3 Å². The molecule has 17 nitrogen and oxygen atoms in total. The molecule has 0 aromatic rings. The normalized spacial score (nSPS) is 14.0. The van der Waals surface area contributed by atoms with E-state index in [1.165, 1.54) is 186 Å². The minimum atomic E-state index is -4.95. The average molecular weight is 1310 g/mol. The minimum absolute atomic E-state index is 0.104. The van der Waals surface area contributed by atoms with Gasteiger partial charge in [0.2, 0.25) is 0 Å². The van der Waals surface area contributed by atoms with E-state index in [0.29, 0.717) is 25.7 Å². The molecule has 528 valence electrons. The number of unbranched alkanes of at least 4 members (excludes halogenated alkanes) is 45. The molecule has 5 atom stereocenters. The Morgan fingerprint density at radius 3 is 0.663 bits per heavy atom. The van der Waals surface area contributed by atoms with E-state index in [1.54, 1.807) is 0 Å². The molecule has 0 aromatic carbocycles. The van der Waals surface area contributed by atoms with Crippen molar-refractivity contribution >= 4 is 39.5 Å². The van der Waals surface area contributed by atoms with Crippen LogP contribution in [-0.4, -0.2) is 96.7 Å². The maximum Gasteiger partial charge on any atom is 0.472 e. The SMILES string of the molecule is CCCCCCCCCCCCCCCCCCCCCCCCC(=O)O[C@H](COC(=O)CCCCCCCCCCCCCCCC)COP(=O)(O)OC[C@@H](O)COP(=O)(O)OC[C@@H](COC(=O)CCCCCCC)OC(=O)CCCCCCCCCC. The summed E-state index contributed by atoms with van der Waals surface area (Å²) in [4.78, 5) is 72.1. The molecule has 0 saturated carbocycles. The number of phosphoric ester groups is 2. The highest BCUT2D eigenvalue weighted by Crippen LogP contribution is 2.45. The van der Waals surface area contributed by atoms with Gasteiger partial charge >= 0.3 is 39.5 Å². The molecule has 0 aliphatic rings. The zero-order valence-electron chi connectivity index (χ0n) is 57.4. The molecule has 19 heteroatoms. The molecular weight excluding hydrogens is 1170 g/mol. The maximum atomic E-state index is 13.0. The number of esters is 4. The van der Waals surface area contributed by atoms with E-state index >= 15 is 0 Å². The van der Waals surface area contributed by atoms with E-state index in [1.807, 2.05) is 0 Å². The van der Waals surface area contributed by atoms with Crippen LogP contribution in [0.5, 0.6) is 0 Å². The van der Waals surface area contributed by atoms with Crippen LogP contribution in [-0.2, 0) is 65.4 Å². The molecule has 0 aromatic heterocycles. The summed E-state index contributed by atoms with van der Waals surface area (Å²) in [6, 6.07) is 0. The molecule has 0 aliphatic heterocycles. The second-order valence-electron chi connectivity index (χ2n) is 25.3. The maximum absolute atomic E-state index is 13.0. The predicted octanol–water partition coefficient (Wildman–Crippen LogP) is 20.3. The van der Waals surface area contributed by atoms with Crippen molar-refractivity contribution in [1.82, 2.24) is 0 Å². The lowest BCUT2D eigenvalue weighted by Gasteiger charge is -2.21. The fourth-order valence-corrected chi connectivity index (χ4v) is 12.3. The van der Waals surface area contributed by atoms with Crippen LogP contribution in [0.15, 0.2) is 0 Å². The van der Waals surface area contributed by atoms with E-state index in [-0.39, 0.29) is 25.7 Å². The standard InChI is InChI=1S/C70H136O17P2/c1-5-9-13-17-20-23-25-27-29-30-31-32-33-34-35-36-38-40-42-45-49-53-57-70(75)87-66(61-81-68(73)55-51-47-44-41-39-37-28-26-24-21-18-14-10-6-2)63-85-89(78,79)83-59-64(71)58-82-88(76,77)84-62-65(60-80-67(72)54-50-46-16-12-8-4)86-69(74)56-52-48-43-22-19-15-11-7-3/h64-66,71H,5-63H2,1-4H3,(H,76,77)(H,78,79)/t64-,65+,66+/m0/s1. The van der Waals surface area contributed by atoms with Crippen LogP contribution in [0.1, 0.15) is 368 Å². The second-order valence-corrected chi connectivity index (χ2v) is 28.2. The first kappa shape index (κ1) is 87.1. The fraction of sp³-hybridized carbons (Fsp3) is 0.943. The van der Waals surface area contributed by atoms with Crippen molar-refractivity contribution in [2.24, 2.45) is 0 Å². The molecule has 0 fully saturated rings. The fourth-order valence-electron chi connectivity index (χ4n) is 10.7. The van der Waals surface area contributed by atoms with Gasteiger partial charge in [-0.05, 0) is 25.7 Å². The Balaban J connectivity index is 5.07. The molecule has 0 spiro atoms. The lowest BCUT2D eigenvalue weighted by atomic mass is 10.0. The van der Waals surface area contributed by atoms with Crippen LogP contribution in [0.25, 0.3) is 0 Å². The van der Waals surface area contributed by atoms with Gasteiger partial charge in [-0.3, -0.25) is 37.3 Å². The van der Waals surface area contributed by atoms with Gasteiger partial charge in [0, 0.05) is 25.7 Å². The first-order chi connectivity index (χ1) is 43.2. The van der Waals surface area contributed by atoms with Crippen LogP contribution in [0.4, 0.5) is 0 Å². The molecule has 89 heavy (non-hydrogen) atoms. The highest BCUT2D eigenvalue weighted by Gasteiger charge is 2.30. The van der Waals surface area contributed by atoms with Gasteiger partial charge in [0.25, 0.3) is 0 Å². The van der Waals surface area contributed by atoms with Gasteiger partial charge in [-0.15, -0.1) is 0 Å². The van der Waals surface area contributed by atoms with Crippen molar-refractivity contribution in [1.29, 1.82) is 0 Å².